The summed E-state index contributed by atoms with van der Waals surface area (Å²) >= 11 is 1.85. The van der Waals surface area contributed by atoms with Crippen LogP contribution in [0.15, 0.2) is 42.0 Å². The summed E-state index contributed by atoms with van der Waals surface area (Å²) in [5, 5.41) is 3.74. The van der Waals surface area contributed by atoms with Crippen molar-refractivity contribution < 1.29 is 0 Å². The van der Waals surface area contributed by atoms with Gasteiger partial charge in [0.15, 0.2) is 0 Å². The largest absolute Gasteiger partial charge is 0.355 e. The molecule has 0 saturated carbocycles. The van der Waals surface area contributed by atoms with Crippen LogP contribution in [0.2, 0.25) is 0 Å². The molecule has 0 amide bonds. The Labute approximate surface area is 153 Å². The van der Waals surface area contributed by atoms with Crippen molar-refractivity contribution in [3.8, 4) is 0 Å². The molecule has 1 atom stereocenters. The van der Waals surface area contributed by atoms with Crippen molar-refractivity contribution in [3.63, 3.8) is 0 Å². The third-order valence-corrected chi connectivity index (χ3v) is 6.15. The van der Waals surface area contributed by atoms with Crippen LogP contribution in [0.3, 0.4) is 0 Å². The number of anilines is 1. The second-order valence-electron chi connectivity index (χ2n) is 6.92. The van der Waals surface area contributed by atoms with Gasteiger partial charge in [0.05, 0.1) is 0 Å². The van der Waals surface area contributed by atoms with Crippen molar-refractivity contribution in [2.45, 2.75) is 32.4 Å². The number of thiophene rings is 1. The number of piperidine rings is 1. The number of benzene rings is 1. The normalized spacial score (nSPS) is 18.6. The zero-order valence-corrected chi connectivity index (χ0v) is 15.7. The maximum atomic E-state index is 4.45. The molecule has 0 radical (unpaired) electrons. The zero-order valence-electron chi connectivity index (χ0n) is 14.9. The molecule has 3 heterocycles. The predicted molar refractivity (Wildman–Crippen MR) is 105 cm³/mol. The molecule has 1 fully saturated rings. The molecule has 1 aliphatic rings. The Bertz CT molecular complexity index is 860. The lowest BCUT2D eigenvalue weighted by Gasteiger charge is -2.38. The lowest BCUT2D eigenvalue weighted by atomic mass is 10.0. The van der Waals surface area contributed by atoms with Gasteiger partial charge >= 0.3 is 0 Å². The van der Waals surface area contributed by atoms with Gasteiger partial charge in [0, 0.05) is 42.6 Å². The number of fused-ring (bicyclic) bond motifs is 1. The third-order valence-electron chi connectivity index (χ3n) is 5.13. The van der Waals surface area contributed by atoms with Gasteiger partial charge in [-0.25, -0.2) is 9.97 Å². The number of likely N-dealkylation sites (N-methyl/N-ethyl adjacent to an activating group) is 1. The van der Waals surface area contributed by atoms with E-state index in [9.17, 15) is 0 Å². The number of aryl methyl sites for hydroxylation is 1. The summed E-state index contributed by atoms with van der Waals surface area (Å²) in [5.41, 5.74) is 2.48. The molecular weight excluding hydrogens is 328 g/mol. The Morgan fingerprint density at radius 3 is 3.04 bits per heavy atom. The molecule has 4 nitrogen and oxygen atoms in total. The van der Waals surface area contributed by atoms with Crippen LogP contribution in [0, 0.1) is 6.92 Å². The fourth-order valence-corrected chi connectivity index (χ4v) is 4.66. The van der Waals surface area contributed by atoms with Gasteiger partial charge in [0.2, 0.25) is 0 Å². The van der Waals surface area contributed by atoms with Crippen molar-refractivity contribution in [1.29, 1.82) is 0 Å². The standard InChI is InChI=1S/C20H24N4S/c1-15-10-20(22-14-21-15)23(2)17-6-5-9-24(12-17)11-16-13-25-19-8-4-3-7-18(16)19/h3-4,7-8,10,13-14,17H,5-6,9,11-12H2,1-2H3. The highest BCUT2D eigenvalue weighted by Crippen LogP contribution is 2.28. The molecule has 0 aliphatic carbocycles. The number of likely N-dealkylation sites (tertiary alicyclic amines) is 1. The summed E-state index contributed by atoms with van der Waals surface area (Å²) in [7, 11) is 2.16. The van der Waals surface area contributed by atoms with Gasteiger partial charge in [0.1, 0.15) is 12.1 Å². The minimum atomic E-state index is 0.507. The van der Waals surface area contributed by atoms with E-state index in [0.29, 0.717) is 6.04 Å². The minimum absolute atomic E-state index is 0.507. The number of aromatic nitrogens is 2. The van der Waals surface area contributed by atoms with E-state index in [-0.39, 0.29) is 0 Å². The summed E-state index contributed by atoms with van der Waals surface area (Å²) in [6.07, 6.45) is 4.13. The Morgan fingerprint density at radius 1 is 1.28 bits per heavy atom. The minimum Gasteiger partial charge on any atom is -0.355 e. The summed E-state index contributed by atoms with van der Waals surface area (Å²) in [6, 6.07) is 11.3. The van der Waals surface area contributed by atoms with Crippen LogP contribution in [0.4, 0.5) is 5.82 Å². The summed E-state index contributed by atoms with van der Waals surface area (Å²) in [4.78, 5) is 13.6. The highest BCUT2D eigenvalue weighted by atomic mass is 32.1. The molecule has 25 heavy (non-hydrogen) atoms. The van der Waals surface area contributed by atoms with Gasteiger partial charge in [-0.1, -0.05) is 18.2 Å². The van der Waals surface area contributed by atoms with Gasteiger partial charge in [0.25, 0.3) is 0 Å². The van der Waals surface area contributed by atoms with E-state index in [2.05, 4.69) is 62.5 Å². The molecule has 0 N–H and O–H groups in total. The van der Waals surface area contributed by atoms with Crippen LogP contribution < -0.4 is 4.90 Å². The predicted octanol–water partition coefficient (Wildman–Crippen LogP) is 4.10. The van der Waals surface area contributed by atoms with Crippen LogP contribution in [0.1, 0.15) is 24.1 Å². The Kier molecular flexibility index (Phi) is 4.68. The van der Waals surface area contributed by atoms with Crippen molar-refractivity contribution in [3.05, 3.63) is 53.3 Å². The molecule has 1 unspecified atom stereocenters. The van der Waals surface area contributed by atoms with Crippen molar-refractivity contribution in [1.82, 2.24) is 14.9 Å². The first kappa shape index (κ1) is 16.5. The van der Waals surface area contributed by atoms with E-state index in [1.165, 1.54) is 35.0 Å². The first-order valence-corrected chi connectivity index (χ1v) is 9.77. The summed E-state index contributed by atoms with van der Waals surface area (Å²) in [6.45, 7) is 5.33. The smallest absolute Gasteiger partial charge is 0.132 e. The molecule has 3 aromatic rings. The lowest BCUT2D eigenvalue weighted by Crippen LogP contribution is -2.46. The van der Waals surface area contributed by atoms with Gasteiger partial charge in [-0.3, -0.25) is 4.90 Å². The fraction of sp³-hybridized carbons (Fsp3) is 0.400. The van der Waals surface area contributed by atoms with E-state index in [0.717, 1.165) is 24.6 Å². The highest BCUT2D eigenvalue weighted by molar-refractivity contribution is 7.17. The van der Waals surface area contributed by atoms with Crippen LogP contribution in [0.5, 0.6) is 0 Å². The van der Waals surface area contributed by atoms with E-state index < -0.39 is 0 Å². The molecule has 0 spiro atoms. The van der Waals surface area contributed by atoms with Crippen molar-refractivity contribution in [2.75, 3.05) is 25.0 Å². The van der Waals surface area contributed by atoms with Gasteiger partial charge in [-0.2, -0.15) is 0 Å². The van der Waals surface area contributed by atoms with Gasteiger partial charge < -0.3 is 4.90 Å². The third kappa shape index (κ3) is 3.53. The fourth-order valence-electron chi connectivity index (χ4n) is 3.71. The number of rotatable bonds is 4. The summed E-state index contributed by atoms with van der Waals surface area (Å²) < 4.78 is 1.39. The SMILES string of the molecule is Cc1cc(N(C)C2CCCN(Cc3csc4ccccc34)C2)ncn1. The Hall–Kier alpha value is -1.98. The number of hydrogen-bond donors (Lipinski definition) is 0. The van der Waals surface area contributed by atoms with Crippen LogP contribution in [-0.4, -0.2) is 41.0 Å². The second kappa shape index (κ2) is 7.10. The summed E-state index contributed by atoms with van der Waals surface area (Å²) in [5.74, 6) is 1.03. The molecule has 4 rings (SSSR count). The van der Waals surface area contributed by atoms with Gasteiger partial charge in [-0.15, -0.1) is 11.3 Å². The molecular formula is C20H24N4S. The van der Waals surface area contributed by atoms with Crippen LogP contribution >= 0.6 is 11.3 Å². The quantitative estimate of drug-likeness (QED) is 0.708. The molecule has 1 aromatic carbocycles. The molecule has 130 valence electrons. The molecule has 2 aromatic heterocycles. The first-order valence-electron chi connectivity index (χ1n) is 8.89. The maximum Gasteiger partial charge on any atom is 0.132 e. The second-order valence-corrected chi connectivity index (χ2v) is 7.83. The average Bonchev–Trinajstić information content (AvgIpc) is 3.04. The van der Waals surface area contributed by atoms with E-state index in [1.807, 2.05) is 18.3 Å². The Morgan fingerprint density at radius 2 is 2.16 bits per heavy atom. The average molecular weight is 353 g/mol. The maximum absolute atomic E-state index is 4.45. The molecule has 5 heteroatoms. The Balaban J connectivity index is 1.47. The van der Waals surface area contributed by atoms with E-state index in [4.69, 9.17) is 0 Å². The monoisotopic (exact) mass is 352 g/mol. The van der Waals surface area contributed by atoms with Crippen LogP contribution in [-0.2, 0) is 6.54 Å². The van der Waals surface area contributed by atoms with E-state index in [1.54, 1.807) is 6.33 Å². The van der Waals surface area contributed by atoms with Crippen molar-refractivity contribution >= 4 is 27.2 Å². The molecule has 1 aliphatic heterocycles. The molecule has 0 bridgehead atoms. The van der Waals surface area contributed by atoms with Gasteiger partial charge in [-0.05, 0) is 48.7 Å². The zero-order chi connectivity index (χ0) is 17.2. The van der Waals surface area contributed by atoms with Crippen LogP contribution in [0.25, 0.3) is 10.1 Å². The van der Waals surface area contributed by atoms with E-state index >= 15 is 0 Å². The number of hydrogen-bond acceptors (Lipinski definition) is 5. The first-order chi connectivity index (χ1) is 12.2. The topological polar surface area (TPSA) is 32.3 Å². The lowest BCUT2D eigenvalue weighted by molar-refractivity contribution is 0.199. The highest BCUT2D eigenvalue weighted by Gasteiger charge is 2.24. The number of nitrogens with zero attached hydrogens (tertiary/aromatic N) is 4. The molecule has 1 saturated heterocycles. The van der Waals surface area contributed by atoms with Crippen molar-refractivity contribution in [2.24, 2.45) is 0 Å².